The van der Waals surface area contributed by atoms with Gasteiger partial charge in [0, 0.05) is 5.92 Å². The minimum Gasteiger partial charge on any atom is -0.390 e. The van der Waals surface area contributed by atoms with Gasteiger partial charge in [0.05, 0.1) is 5.60 Å². The average Bonchev–Trinajstić information content (AvgIpc) is 2.15. The van der Waals surface area contributed by atoms with E-state index in [0.29, 0.717) is 11.3 Å². The Morgan fingerprint density at radius 2 is 2.00 bits per heavy atom. The van der Waals surface area contributed by atoms with E-state index < -0.39 is 5.60 Å². The Balaban J connectivity index is 2.29. The molecule has 0 aromatic carbocycles. The van der Waals surface area contributed by atoms with Crippen LogP contribution in [0.15, 0.2) is 11.6 Å². The Morgan fingerprint density at radius 3 is 2.62 bits per heavy atom. The van der Waals surface area contributed by atoms with Gasteiger partial charge < -0.3 is 5.11 Å². The highest BCUT2D eigenvalue weighted by Crippen LogP contribution is 2.51. The Labute approximate surface area is 99.9 Å². The fourth-order valence-corrected chi connectivity index (χ4v) is 3.66. The zero-order valence-corrected chi connectivity index (χ0v) is 11.2. The van der Waals surface area contributed by atoms with Gasteiger partial charge in [-0.2, -0.15) is 0 Å². The Hall–Kier alpha value is -0.300. The standard InChI is InChI=1S/C15H26O/c1-11-6-5-8-15(4)9-7-12(10-13(11)15)14(2,3)16/h10-12,16H,5-9H2,1-4H3/t11-,12-,15-/m1/s1. The topological polar surface area (TPSA) is 20.2 Å². The molecule has 2 aliphatic rings. The van der Waals surface area contributed by atoms with Crippen LogP contribution in [0.2, 0.25) is 0 Å². The van der Waals surface area contributed by atoms with Crippen LogP contribution >= 0.6 is 0 Å². The first-order valence-electron chi connectivity index (χ1n) is 6.77. The van der Waals surface area contributed by atoms with Gasteiger partial charge in [-0.05, 0) is 50.9 Å². The summed E-state index contributed by atoms with van der Waals surface area (Å²) in [5.41, 5.74) is 1.53. The predicted octanol–water partition coefficient (Wildman–Crippen LogP) is 3.92. The van der Waals surface area contributed by atoms with Crippen molar-refractivity contribution in [3.63, 3.8) is 0 Å². The first-order chi connectivity index (χ1) is 7.33. The molecule has 1 heteroatoms. The molecule has 0 aliphatic heterocycles. The summed E-state index contributed by atoms with van der Waals surface area (Å²) < 4.78 is 0. The molecule has 16 heavy (non-hydrogen) atoms. The molecule has 3 atom stereocenters. The number of rotatable bonds is 1. The average molecular weight is 222 g/mol. The van der Waals surface area contributed by atoms with Crippen LogP contribution in [0, 0.1) is 17.3 Å². The molecule has 0 aromatic rings. The molecule has 1 fully saturated rings. The lowest BCUT2D eigenvalue weighted by atomic mass is 9.60. The van der Waals surface area contributed by atoms with E-state index in [2.05, 4.69) is 19.9 Å². The first kappa shape index (κ1) is 12.2. The van der Waals surface area contributed by atoms with Gasteiger partial charge in [-0.25, -0.2) is 0 Å². The van der Waals surface area contributed by atoms with Gasteiger partial charge in [0.25, 0.3) is 0 Å². The quantitative estimate of drug-likeness (QED) is 0.667. The zero-order chi connectivity index (χ0) is 12.0. The molecule has 1 N–H and O–H groups in total. The fourth-order valence-electron chi connectivity index (χ4n) is 3.66. The summed E-state index contributed by atoms with van der Waals surface area (Å²) in [5, 5.41) is 10.2. The number of hydrogen-bond donors (Lipinski definition) is 1. The molecule has 0 unspecified atom stereocenters. The maximum absolute atomic E-state index is 10.2. The molecule has 2 aliphatic carbocycles. The summed E-state index contributed by atoms with van der Waals surface area (Å²) in [5.74, 6) is 1.08. The van der Waals surface area contributed by atoms with Crippen molar-refractivity contribution >= 4 is 0 Å². The van der Waals surface area contributed by atoms with Gasteiger partial charge in [0.15, 0.2) is 0 Å². The predicted molar refractivity (Wildman–Crippen MR) is 68.2 cm³/mol. The SMILES string of the molecule is C[C@@H]1CCC[C@]2(C)CC[C@@H](C(C)(C)O)C=C12. The molecule has 0 amide bonds. The van der Waals surface area contributed by atoms with Crippen molar-refractivity contribution in [2.24, 2.45) is 17.3 Å². The summed E-state index contributed by atoms with van der Waals surface area (Å²) in [6, 6.07) is 0. The molecular formula is C15H26O. The molecule has 92 valence electrons. The minimum absolute atomic E-state index is 0.358. The maximum Gasteiger partial charge on any atom is 0.0654 e. The minimum atomic E-state index is -0.550. The third kappa shape index (κ3) is 2.07. The molecular weight excluding hydrogens is 196 g/mol. The van der Waals surface area contributed by atoms with Crippen molar-refractivity contribution < 1.29 is 5.11 Å². The summed E-state index contributed by atoms with van der Waals surface area (Å²) >= 11 is 0. The van der Waals surface area contributed by atoms with Crippen molar-refractivity contribution in [2.75, 3.05) is 0 Å². The lowest BCUT2D eigenvalue weighted by Gasteiger charge is -2.46. The molecule has 0 heterocycles. The molecule has 0 spiro atoms. The van der Waals surface area contributed by atoms with Crippen LogP contribution in [0.25, 0.3) is 0 Å². The Kier molecular flexibility index (Phi) is 2.94. The second-order valence-corrected chi connectivity index (χ2v) is 6.77. The number of allylic oxidation sites excluding steroid dienone is 1. The zero-order valence-electron chi connectivity index (χ0n) is 11.2. The van der Waals surface area contributed by atoms with Crippen molar-refractivity contribution in [3.05, 3.63) is 11.6 Å². The van der Waals surface area contributed by atoms with Crippen LogP contribution in [0.4, 0.5) is 0 Å². The first-order valence-corrected chi connectivity index (χ1v) is 6.77. The van der Waals surface area contributed by atoms with Crippen molar-refractivity contribution in [3.8, 4) is 0 Å². The van der Waals surface area contributed by atoms with E-state index in [1.165, 1.54) is 25.7 Å². The third-order valence-corrected chi connectivity index (χ3v) is 4.89. The van der Waals surface area contributed by atoms with Crippen LogP contribution in [-0.2, 0) is 0 Å². The van der Waals surface area contributed by atoms with Crippen LogP contribution < -0.4 is 0 Å². The summed E-state index contributed by atoms with van der Waals surface area (Å²) in [6.45, 7) is 8.68. The van der Waals surface area contributed by atoms with Gasteiger partial charge in [0.2, 0.25) is 0 Å². The van der Waals surface area contributed by atoms with Gasteiger partial charge >= 0.3 is 0 Å². The fraction of sp³-hybridized carbons (Fsp3) is 0.867. The molecule has 0 bridgehead atoms. The van der Waals surface area contributed by atoms with Gasteiger partial charge in [-0.3, -0.25) is 0 Å². The van der Waals surface area contributed by atoms with Crippen LogP contribution in [0.5, 0.6) is 0 Å². The molecule has 1 nitrogen and oxygen atoms in total. The lowest BCUT2D eigenvalue weighted by Crippen LogP contribution is -2.38. The molecule has 0 radical (unpaired) electrons. The second kappa shape index (κ2) is 3.87. The van der Waals surface area contributed by atoms with Crippen molar-refractivity contribution in [1.29, 1.82) is 0 Å². The smallest absolute Gasteiger partial charge is 0.0654 e. The molecule has 0 saturated heterocycles. The number of hydrogen-bond acceptors (Lipinski definition) is 1. The highest BCUT2D eigenvalue weighted by atomic mass is 16.3. The van der Waals surface area contributed by atoms with E-state index in [4.69, 9.17) is 0 Å². The summed E-state index contributed by atoms with van der Waals surface area (Å²) in [6.07, 6.45) is 8.88. The van der Waals surface area contributed by atoms with Gasteiger partial charge in [-0.15, -0.1) is 0 Å². The number of aliphatic hydroxyl groups is 1. The summed E-state index contributed by atoms with van der Waals surface area (Å²) in [7, 11) is 0. The molecule has 2 rings (SSSR count). The Morgan fingerprint density at radius 1 is 1.31 bits per heavy atom. The van der Waals surface area contributed by atoms with E-state index >= 15 is 0 Å². The van der Waals surface area contributed by atoms with E-state index in [9.17, 15) is 5.11 Å². The monoisotopic (exact) mass is 222 g/mol. The van der Waals surface area contributed by atoms with Crippen LogP contribution in [-0.4, -0.2) is 10.7 Å². The van der Waals surface area contributed by atoms with E-state index in [1.807, 2.05) is 13.8 Å². The lowest BCUT2D eigenvalue weighted by molar-refractivity contribution is 0.0208. The molecule has 0 aromatic heterocycles. The maximum atomic E-state index is 10.2. The number of fused-ring (bicyclic) bond motifs is 1. The van der Waals surface area contributed by atoms with E-state index in [-0.39, 0.29) is 0 Å². The van der Waals surface area contributed by atoms with Crippen molar-refractivity contribution in [1.82, 2.24) is 0 Å². The summed E-state index contributed by atoms with van der Waals surface area (Å²) in [4.78, 5) is 0. The van der Waals surface area contributed by atoms with E-state index in [0.717, 1.165) is 12.3 Å². The Bertz CT molecular complexity index is 297. The second-order valence-electron chi connectivity index (χ2n) is 6.77. The highest BCUT2D eigenvalue weighted by Gasteiger charge is 2.41. The largest absolute Gasteiger partial charge is 0.390 e. The normalized spacial score (nSPS) is 40.2. The van der Waals surface area contributed by atoms with Crippen LogP contribution in [0.1, 0.15) is 59.8 Å². The van der Waals surface area contributed by atoms with E-state index in [1.54, 1.807) is 5.57 Å². The molecule has 1 saturated carbocycles. The van der Waals surface area contributed by atoms with Gasteiger partial charge in [0.1, 0.15) is 0 Å². The van der Waals surface area contributed by atoms with Crippen molar-refractivity contribution in [2.45, 2.75) is 65.4 Å². The van der Waals surface area contributed by atoms with Gasteiger partial charge in [-0.1, -0.05) is 31.9 Å². The highest BCUT2D eigenvalue weighted by molar-refractivity contribution is 5.23. The third-order valence-electron chi connectivity index (χ3n) is 4.89. The van der Waals surface area contributed by atoms with Crippen LogP contribution in [0.3, 0.4) is 0 Å².